The SMILES string of the molecule is CC(C)CCNC(N)=NCCCOCC(C)C.I. The zero-order chi connectivity index (χ0) is 13.1. The lowest BCUT2D eigenvalue weighted by Gasteiger charge is -2.08. The second kappa shape index (κ2) is 13.4. The summed E-state index contributed by atoms with van der Waals surface area (Å²) in [7, 11) is 0. The molecule has 0 aromatic carbocycles. The molecule has 0 amide bonds. The highest BCUT2D eigenvalue weighted by molar-refractivity contribution is 14.0. The fourth-order valence-corrected chi connectivity index (χ4v) is 1.23. The fraction of sp³-hybridized carbons (Fsp3) is 0.923. The average Bonchev–Trinajstić information content (AvgIpc) is 2.22. The van der Waals surface area contributed by atoms with Gasteiger partial charge in [-0.15, -0.1) is 24.0 Å². The maximum atomic E-state index is 5.72. The van der Waals surface area contributed by atoms with E-state index in [1.807, 2.05) is 0 Å². The number of aliphatic imine (C=N–C) groups is 1. The number of ether oxygens (including phenoxy) is 1. The van der Waals surface area contributed by atoms with E-state index in [0.29, 0.717) is 17.8 Å². The summed E-state index contributed by atoms with van der Waals surface area (Å²) in [5, 5.41) is 3.11. The number of nitrogens with zero attached hydrogens (tertiary/aromatic N) is 1. The van der Waals surface area contributed by atoms with E-state index in [1.54, 1.807) is 0 Å². The lowest BCUT2D eigenvalue weighted by molar-refractivity contribution is 0.109. The highest BCUT2D eigenvalue weighted by Crippen LogP contribution is 1.96. The number of nitrogens with two attached hydrogens (primary N) is 1. The molecule has 3 N–H and O–H groups in total. The van der Waals surface area contributed by atoms with Crippen LogP contribution in [0.1, 0.15) is 40.5 Å². The standard InChI is InChI=1S/C13H29N3O.HI/c1-11(2)6-8-16-13(14)15-7-5-9-17-10-12(3)4;/h11-12H,5-10H2,1-4H3,(H3,14,15,16);1H. The van der Waals surface area contributed by atoms with Gasteiger partial charge in [-0.05, 0) is 24.7 Å². The zero-order valence-electron chi connectivity index (χ0n) is 12.2. The van der Waals surface area contributed by atoms with Gasteiger partial charge < -0.3 is 15.8 Å². The van der Waals surface area contributed by atoms with Gasteiger partial charge in [0.2, 0.25) is 0 Å². The molecule has 18 heavy (non-hydrogen) atoms. The molecular formula is C13H30IN3O. The maximum Gasteiger partial charge on any atom is 0.188 e. The van der Waals surface area contributed by atoms with Crippen LogP contribution in [0.4, 0.5) is 0 Å². The first-order valence-corrected chi connectivity index (χ1v) is 6.64. The maximum absolute atomic E-state index is 5.72. The molecule has 0 saturated heterocycles. The minimum absolute atomic E-state index is 0. The summed E-state index contributed by atoms with van der Waals surface area (Å²) >= 11 is 0. The molecule has 4 nitrogen and oxygen atoms in total. The molecule has 0 saturated carbocycles. The molecule has 0 unspecified atom stereocenters. The predicted octanol–water partition coefficient (Wildman–Crippen LogP) is 2.62. The molecule has 0 bridgehead atoms. The summed E-state index contributed by atoms with van der Waals surface area (Å²) in [6.45, 7) is 11.9. The number of halogens is 1. The minimum atomic E-state index is 0. The van der Waals surface area contributed by atoms with Gasteiger partial charge in [-0.2, -0.15) is 0 Å². The highest BCUT2D eigenvalue weighted by atomic mass is 127. The first kappa shape index (κ1) is 20.3. The summed E-state index contributed by atoms with van der Waals surface area (Å²) in [6.07, 6.45) is 2.05. The Bertz CT molecular complexity index is 208. The van der Waals surface area contributed by atoms with Crippen molar-refractivity contribution in [2.24, 2.45) is 22.6 Å². The van der Waals surface area contributed by atoms with Crippen molar-refractivity contribution < 1.29 is 4.74 Å². The summed E-state index contributed by atoms with van der Waals surface area (Å²) < 4.78 is 5.46. The fourth-order valence-electron chi connectivity index (χ4n) is 1.23. The van der Waals surface area contributed by atoms with E-state index in [2.05, 4.69) is 38.0 Å². The van der Waals surface area contributed by atoms with Crippen molar-refractivity contribution in [2.75, 3.05) is 26.3 Å². The van der Waals surface area contributed by atoms with Gasteiger partial charge in [0.05, 0.1) is 0 Å². The normalized spacial score (nSPS) is 11.8. The quantitative estimate of drug-likeness (QED) is 0.284. The van der Waals surface area contributed by atoms with Gasteiger partial charge in [-0.25, -0.2) is 0 Å². The third-order valence-electron chi connectivity index (χ3n) is 2.21. The molecule has 0 radical (unpaired) electrons. The van der Waals surface area contributed by atoms with Gasteiger partial charge in [0.25, 0.3) is 0 Å². The van der Waals surface area contributed by atoms with E-state index >= 15 is 0 Å². The van der Waals surface area contributed by atoms with Crippen molar-refractivity contribution >= 4 is 29.9 Å². The van der Waals surface area contributed by atoms with Crippen molar-refractivity contribution in [1.29, 1.82) is 0 Å². The Balaban J connectivity index is 0. The number of guanidine groups is 1. The molecule has 0 fully saturated rings. The van der Waals surface area contributed by atoms with Crippen LogP contribution in [0, 0.1) is 11.8 Å². The number of nitrogens with one attached hydrogen (secondary N) is 1. The van der Waals surface area contributed by atoms with Crippen LogP contribution in [-0.4, -0.2) is 32.3 Å². The van der Waals surface area contributed by atoms with Crippen LogP contribution in [0.15, 0.2) is 4.99 Å². The Morgan fingerprint density at radius 1 is 1.22 bits per heavy atom. The lowest BCUT2D eigenvalue weighted by Crippen LogP contribution is -2.33. The van der Waals surface area contributed by atoms with Crippen LogP contribution in [0.25, 0.3) is 0 Å². The molecule has 5 heteroatoms. The van der Waals surface area contributed by atoms with Gasteiger partial charge in [-0.1, -0.05) is 27.7 Å². The van der Waals surface area contributed by atoms with Gasteiger partial charge >= 0.3 is 0 Å². The largest absolute Gasteiger partial charge is 0.381 e. The van der Waals surface area contributed by atoms with Gasteiger partial charge in [0.15, 0.2) is 5.96 Å². The molecule has 0 aliphatic rings. The molecule has 0 atom stereocenters. The zero-order valence-corrected chi connectivity index (χ0v) is 14.6. The third kappa shape index (κ3) is 16.0. The van der Waals surface area contributed by atoms with Crippen LogP contribution in [0.5, 0.6) is 0 Å². The Morgan fingerprint density at radius 3 is 2.44 bits per heavy atom. The highest BCUT2D eigenvalue weighted by Gasteiger charge is 1.96. The van der Waals surface area contributed by atoms with Gasteiger partial charge in [-0.3, -0.25) is 4.99 Å². The molecule has 0 heterocycles. The third-order valence-corrected chi connectivity index (χ3v) is 2.21. The van der Waals surface area contributed by atoms with Crippen molar-refractivity contribution in [3.8, 4) is 0 Å². The van der Waals surface area contributed by atoms with Crippen molar-refractivity contribution in [3.63, 3.8) is 0 Å². The summed E-state index contributed by atoms with van der Waals surface area (Å²) in [5.74, 6) is 1.84. The Hall–Kier alpha value is -0.0400. The van der Waals surface area contributed by atoms with E-state index in [0.717, 1.165) is 39.1 Å². The molecule has 0 rings (SSSR count). The summed E-state index contributed by atoms with van der Waals surface area (Å²) in [6, 6.07) is 0. The number of hydrogen-bond acceptors (Lipinski definition) is 2. The predicted molar refractivity (Wildman–Crippen MR) is 89.6 cm³/mol. The molecule has 110 valence electrons. The molecule has 0 aromatic rings. The topological polar surface area (TPSA) is 59.6 Å². The number of rotatable bonds is 9. The monoisotopic (exact) mass is 371 g/mol. The summed E-state index contributed by atoms with van der Waals surface area (Å²) in [5.41, 5.74) is 5.72. The minimum Gasteiger partial charge on any atom is -0.381 e. The van der Waals surface area contributed by atoms with Crippen LogP contribution >= 0.6 is 24.0 Å². The smallest absolute Gasteiger partial charge is 0.188 e. The first-order valence-electron chi connectivity index (χ1n) is 6.64. The van der Waals surface area contributed by atoms with E-state index in [1.165, 1.54) is 0 Å². The average molecular weight is 371 g/mol. The lowest BCUT2D eigenvalue weighted by atomic mass is 10.1. The summed E-state index contributed by atoms with van der Waals surface area (Å²) in [4.78, 5) is 4.24. The molecular weight excluding hydrogens is 341 g/mol. The van der Waals surface area contributed by atoms with Crippen molar-refractivity contribution in [1.82, 2.24) is 5.32 Å². The molecule has 0 spiro atoms. The van der Waals surface area contributed by atoms with Crippen LogP contribution in [0.3, 0.4) is 0 Å². The number of hydrogen-bond donors (Lipinski definition) is 2. The second-order valence-corrected chi connectivity index (χ2v) is 5.20. The second-order valence-electron chi connectivity index (χ2n) is 5.20. The van der Waals surface area contributed by atoms with Crippen LogP contribution in [-0.2, 0) is 4.74 Å². The van der Waals surface area contributed by atoms with E-state index in [4.69, 9.17) is 10.5 Å². The van der Waals surface area contributed by atoms with Crippen LogP contribution in [0.2, 0.25) is 0 Å². The Labute approximate surface area is 129 Å². The molecule has 0 aromatic heterocycles. The van der Waals surface area contributed by atoms with Crippen molar-refractivity contribution in [2.45, 2.75) is 40.5 Å². The van der Waals surface area contributed by atoms with Gasteiger partial charge in [0, 0.05) is 26.3 Å². The van der Waals surface area contributed by atoms with Gasteiger partial charge in [0.1, 0.15) is 0 Å². The Kier molecular flexibility index (Phi) is 15.1. The molecule has 0 aliphatic heterocycles. The molecule has 0 aliphatic carbocycles. The van der Waals surface area contributed by atoms with Crippen molar-refractivity contribution in [3.05, 3.63) is 0 Å². The van der Waals surface area contributed by atoms with E-state index < -0.39 is 0 Å². The van der Waals surface area contributed by atoms with E-state index in [-0.39, 0.29) is 24.0 Å². The Morgan fingerprint density at radius 2 is 1.89 bits per heavy atom. The first-order chi connectivity index (χ1) is 8.02. The van der Waals surface area contributed by atoms with Crippen LogP contribution < -0.4 is 11.1 Å². The van der Waals surface area contributed by atoms with E-state index in [9.17, 15) is 0 Å².